The number of thioether (sulfide) groups is 1. The fourth-order valence-electron chi connectivity index (χ4n) is 3.37. The summed E-state index contributed by atoms with van der Waals surface area (Å²) in [5.41, 5.74) is 2.03. The van der Waals surface area contributed by atoms with E-state index in [1.54, 1.807) is 4.90 Å². The van der Waals surface area contributed by atoms with E-state index in [9.17, 15) is 9.59 Å². The van der Waals surface area contributed by atoms with Crippen LogP contribution in [0.3, 0.4) is 0 Å². The van der Waals surface area contributed by atoms with Crippen LogP contribution in [0.1, 0.15) is 18.1 Å². The number of amides is 2. The zero-order valence-corrected chi connectivity index (χ0v) is 18.6. The van der Waals surface area contributed by atoms with Crippen LogP contribution in [0.15, 0.2) is 95.9 Å². The molecule has 0 aliphatic carbocycles. The largest absolute Gasteiger partial charge is 0.355 e. The third kappa shape index (κ3) is 7.00. The van der Waals surface area contributed by atoms with Crippen LogP contribution in [0.5, 0.6) is 0 Å². The first-order chi connectivity index (χ1) is 15.2. The van der Waals surface area contributed by atoms with E-state index in [2.05, 4.69) is 5.32 Å². The molecule has 0 aromatic heterocycles. The van der Waals surface area contributed by atoms with Crippen molar-refractivity contribution in [1.82, 2.24) is 10.2 Å². The third-order valence-corrected chi connectivity index (χ3v) is 5.92. The zero-order chi connectivity index (χ0) is 21.9. The third-order valence-electron chi connectivity index (χ3n) is 4.92. The predicted molar refractivity (Wildman–Crippen MR) is 127 cm³/mol. The van der Waals surface area contributed by atoms with Crippen molar-refractivity contribution >= 4 is 23.6 Å². The van der Waals surface area contributed by atoms with Gasteiger partial charge in [-0.1, -0.05) is 78.9 Å². The van der Waals surface area contributed by atoms with Crippen molar-refractivity contribution in [2.75, 3.05) is 12.3 Å². The molecule has 5 heteroatoms. The number of nitrogens with zero attached hydrogens (tertiary/aromatic N) is 1. The molecule has 0 saturated heterocycles. The lowest BCUT2D eigenvalue weighted by atomic mass is 10.0. The van der Waals surface area contributed by atoms with Gasteiger partial charge in [-0.05, 0) is 30.2 Å². The summed E-state index contributed by atoms with van der Waals surface area (Å²) in [7, 11) is 0. The van der Waals surface area contributed by atoms with Gasteiger partial charge in [0.2, 0.25) is 11.8 Å². The molecule has 2 amide bonds. The Kier molecular flexibility index (Phi) is 8.73. The molecule has 0 aliphatic heterocycles. The van der Waals surface area contributed by atoms with Gasteiger partial charge in [0.15, 0.2) is 0 Å². The molecule has 0 saturated carbocycles. The van der Waals surface area contributed by atoms with Crippen molar-refractivity contribution < 1.29 is 9.59 Å². The van der Waals surface area contributed by atoms with E-state index >= 15 is 0 Å². The summed E-state index contributed by atoms with van der Waals surface area (Å²) in [6.07, 6.45) is 0.473. The van der Waals surface area contributed by atoms with Gasteiger partial charge in [0, 0.05) is 24.4 Å². The summed E-state index contributed by atoms with van der Waals surface area (Å²) in [4.78, 5) is 29.2. The minimum absolute atomic E-state index is 0.0510. The lowest BCUT2D eigenvalue weighted by Crippen LogP contribution is -2.51. The van der Waals surface area contributed by atoms with Crippen LogP contribution in [0.4, 0.5) is 0 Å². The Morgan fingerprint density at radius 2 is 1.39 bits per heavy atom. The van der Waals surface area contributed by atoms with E-state index in [0.717, 1.165) is 16.0 Å². The Balaban J connectivity index is 1.86. The number of carbonyl (C=O) groups excluding carboxylic acids is 2. The second kappa shape index (κ2) is 12.0. The Morgan fingerprint density at radius 3 is 1.97 bits per heavy atom. The SMILES string of the molecule is CCNC(=O)C(Cc1ccccc1)N(Cc1ccccc1)C(=O)CSc1ccccc1. The van der Waals surface area contributed by atoms with E-state index in [1.807, 2.05) is 97.9 Å². The second-order valence-corrected chi connectivity index (χ2v) is 8.26. The predicted octanol–water partition coefficient (Wildman–Crippen LogP) is 4.55. The molecule has 0 radical (unpaired) electrons. The fraction of sp³-hybridized carbons (Fsp3) is 0.231. The van der Waals surface area contributed by atoms with Crippen LogP contribution in [0, 0.1) is 0 Å². The second-order valence-electron chi connectivity index (χ2n) is 7.21. The Morgan fingerprint density at radius 1 is 0.839 bits per heavy atom. The molecule has 3 rings (SSSR count). The van der Waals surface area contributed by atoms with E-state index in [1.165, 1.54) is 11.8 Å². The molecule has 160 valence electrons. The van der Waals surface area contributed by atoms with Gasteiger partial charge >= 0.3 is 0 Å². The molecule has 1 N–H and O–H groups in total. The molecule has 4 nitrogen and oxygen atoms in total. The van der Waals surface area contributed by atoms with E-state index in [4.69, 9.17) is 0 Å². The average Bonchev–Trinajstić information content (AvgIpc) is 2.82. The highest BCUT2D eigenvalue weighted by atomic mass is 32.2. The highest BCUT2D eigenvalue weighted by Gasteiger charge is 2.30. The fourth-order valence-corrected chi connectivity index (χ4v) is 4.18. The standard InChI is InChI=1S/C26H28N2O2S/c1-2-27-26(30)24(18-21-12-6-3-7-13-21)28(19-22-14-8-4-9-15-22)25(29)20-31-23-16-10-5-11-17-23/h3-17,24H,2,18-20H2,1H3,(H,27,30). The van der Waals surface area contributed by atoms with E-state index < -0.39 is 6.04 Å². The smallest absolute Gasteiger partial charge is 0.243 e. The maximum absolute atomic E-state index is 13.4. The minimum atomic E-state index is -0.577. The van der Waals surface area contributed by atoms with Gasteiger partial charge in [-0.3, -0.25) is 9.59 Å². The van der Waals surface area contributed by atoms with Gasteiger partial charge in [-0.2, -0.15) is 0 Å². The number of carbonyl (C=O) groups is 2. The van der Waals surface area contributed by atoms with Gasteiger partial charge in [0.25, 0.3) is 0 Å². The Labute approximate surface area is 188 Å². The van der Waals surface area contributed by atoms with E-state index in [-0.39, 0.29) is 17.6 Å². The summed E-state index contributed by atoms with van der Waals surface area (Å²) in [6.45, 7) is 2.81. The highest BCUT2D eigenvalue weighted by Crippen LogP contribution is 2.20. The Bertz CT molecular complexity index is 949. The summed E-state index contributed by atoms with van der Waals surface area (Å²) < 4.78 is 0. The number of hydrogen-bond donors (Lipinski definition) is 1. The van der Waals surface area contributed by atoms with Crippen molar-refractivity contribution in [2.24, 2.45) is 0 Å². The molecule has 0 aliphatic rings. The first kappa shape index (κ1) is 22.6. The average molecular weight is 433 g/mol. The summed E-state index contributed by atoms with van der Waals surface area (Å²) in [5.74, 6) is 0.104. The number of likely N-dealkylation sites (N-methyl/N-ethyl adjacent to an activating group) is 1. The molecule has 1 unspecified atom stereocenters. The lowest BCUT2D eigenvalue weighted by molar-refractivity contribution is -0.139. The molecule has 0 fully saturated rings. The quantitative estimate of drug-likeness (QED) is 0.478. The molecule has 3 aromatic carbocycles. The molecule has 3 aromatic rings. The van der Waals surface area contributed by atoms with Gasteiger partial charge in [0.05, 0.1) is 5.75 Å². The monoisotopic (exact) mass is 432 g/mol. The van der Waals surface area contributed by atoms with Crippen LogP contribution < -0.4 is 5.32 Å². The normalized spacial score (nSPS) is 11.5. The van der Waals surface area contributed by atoms with Gasteiger partial charge in [-0.25, -0.2) is 0 Å². The first-order valence-corrected chi connectivity index (χ1v) is 11.5. The van der Waals surface area contributed by atoms with Crippen LogP contribution in [-0.4, -0.2) is 35.1 Å². The molecule has 0 bridgehead atoms. The maximum Gasteiger partial charge on any atom is 0.243 e. The van der Waals surface area contributed by atoms with Crippen molar-refractivity contribution in [1.29, 1.82) is 0 Å². The summed E-state index contributed by atoms with van der Waals surface area (Å²) in [6, 6.07) is 29.0. The van der Waals surface area contributed by atoms with Crippen LogP contribution in [0.2, 0.25) is 0 Å². The molecule has 1 atom stereocenters. The van der Waals surface area contributed by atoms with Crippen molar-refractivity contribution in [2.45, 2.75) is 30.8 Å². The van der Waals surface area contributed by atoms with Crippen molar-refractivity contribution in [3.63, 3.8) is 0 Å². The summed E-state index contributed by atoms with van der Waals surface area (Å²) in [5, 5.41) is 2.92. The first-order valence-electron chi connectivity index (χ1n) is 10.5. The maximum atomic E-state index is 13.4. The number of nitrogens with one attached hydrogen (secondary N) is 1. The van der Waals surface area contributed by atoms with Gasteiger partial charge in [-0.15, -0.1) is 11.8 Å². The number of rotatable bonds is 10. The molecular formula is C26H28N2O2S. The highest BCUT2D eigenvalue weighted by molar-refractivity contribution is 8.00. The minimum Gasteiger partial charge on any atom is -0.355 e. The molecule has 0 spiro atoms. The van der Waals surface area contributed by atoms with Crippen LogP contribution in [0.25, 0.3) is 0 Å². The van der Waals surface area contributed by atoms with Crippen molar-refractivity contribution in [3.05, 3.63) is 102 Å². The topological polar surface area (TPSA) is 49.4 Å². The molecular weight excluding hydrogens is 404 g/mol. The van der Waals surface area contributed by atoms with Crippen LogP contribution >= 0.6 is 11.8 Å². The molecule has 31 heavy (non-hydrogen) atoms. The van der Waals surface area contributed by atoms with Gasteiger partial charge < -0.3 is 10.2 Å². The molecule has 0 heterocycles. The van der Waals surface area contributed by atoms with Crippen molar-refractivity contribution in [3.8, 4) is 0 Å². The number of hydrogen-bond acceptors (Lipinski definition) is 3. The summed E-state index contributed by atoms with van der Waals surface area (Å²) >= 11 is 1.49. The van der Waals surface area contributed by atoms with Gasteiger partial charge in [0.1, 0.15) is 6.04 Å². The van der Waals surface area contributed by atoms with Crippen LogP contribution in [-0.2, 0) is 22.6 Å². The Hall–Kier alpha value is -3.05. The lowest BCUT2D eigenvalue weighted by Gasteiger charge is -2.31. The number of benzene rings is 3. The van der Waals surface area contributed by atoms with E-state index in [0.29, 0.717) is 19.5 Å². The zero-order valence-electron chi connectivity index (χ0n) is 17.7.